The van der Waals surface area contributed by atoms with Gasteiger partial charge in [0.15, 0.2) is 5.78 Å². The molecule has 1 aliphatic carbocycles. The Balaban J connectivity index is 2.87. The van der Waals surface area contributed by atoms with Crippen LogP contribution < -0.4 is 0 Å². The molecule has 0 aromatic rings. The zero-order chi connectivity index (χ0) is 8.43. The fourth-order valence-electron chi connectivity index (χ4n) is 1.03. The van der Waals surface area contributed by atoms with E-state index >= 15 is 0 Å². The molecular formula is C9H11O. The van der Waals surface area contributed by atoms with Crippen LogP contribution in [0.25, 0.3) is 0 Å². The van der Waals surface area contributed by atoms with Crippen molar-refractivity contribution >= 4 is 5.78 Å². The zero-order valence-corrected chi connectivity index (χ0v) is 6.11. The van der Waals surface area contributed by atoms with Gasteiger partial charge in [0.25, 0.3) is 0 Å². The summed E-state index contributed by atoms with van der Waals surface area (Å²) in [5.41, 5.74) is 0.623. The van der Waals surface area contributed by atoms with Gasteiger partial charge in [0, 0.05) is 12.3 Å². The Morgan fingerprint density at radius 1 is 2.00 bits per heavy atom. The normalized spacial score (nSPS) is 21.7. The Bertz CT molecular complexity index is 228. The van der Waals surface area contributed by atoms with Crippen molar-refractivity contribution in [3.05, 3.63) is 30.2 Å². The van der Waals surface area contributed by atoms with Gasteiger partial charge in [-0.15, -0.1) is 6.58 Å². The molecule has 0 saturated carbocycles. The number of hydrogen-bond donors (Lipinski definition) is 0. The molecule has 1 heteroatoms. The summed E-state index contributed by atoms with van der Waals surface area (Å²) in [6.45, 7) is 5.37. The second-order valence-electron chi connectivity index (χ2n) is 2.48. The highest BCUT2D eigenvalue weighted by atomic mass is 16.1. The SMILES string of the molecule is [2H]C1=C(CC=C)C(=O)C[C]1C. The molecule has 1 radical (unpaired) electrons. The maximum atomic E-state index is 11.1. The zero-order valence-electron chi connectivity index (χ0n) is 7.11. The number of rotatable bonds is 2. The summed E-state index contributed by atoms with van der Waals surface area (Å²) in [5.74, 6) is 0.972. The number of ketones is 1. The predicted molar refractivity (Wildman–Crippen MR) is 41.4 cm³/mol. The van der Waals surface area contributed by atoms with E-state index in [9.17, 15) is 4.79 Å². The van der Waals surface area contributed by atoms with Crippen molar-refractivity contribution in [3.8, 4) is 0 Å². The molecule has 0 N–H and O–H groups in total. The highest BCUT2D eigenvalue weighted by Gasteiger charge is 2.19. The lowest BCUT2D eigenvalue weighted by molar-refractivity contribution is -0.114. The molecule has 0 aromatic heterocycles. The first-order valence-electron chi connectivity index (χ1n) is 3.83. The van der Waals surface area contributed by atoms with E-state index in [4.69, 9.17) is 1.37 Å². The summed E-state index contributed by atoms with van der Waals surface area (Å²) >= 11 is 0. The molecule has 53 valence electrons. The summed E-state index contributed by atoms with van der Waals surface area (Å²) in [7, 11) is 0. The lowest BCUT2D eigenvalue weighted by atomic mass is 10.1. The number of Topliss-reactive ketones (excluding diaryl/α,β-unsaturated/α-hetero) is 1. The summed E-state index contributed by atoms with van der Waals surface area (Å²) < 4.78 is 7.50. The first-order valence-corrected chi connectivity index (χ1v) is 3.33. The lowest BCUT2D eigenvalue weighted by Gasteiger charge is -1.90. The minimum absolute atomic E-state index is 0.0902. The Labute approximate surface area is 62.8 Å². The molecule has 0 heterocycles. The van der Waals surface area contributed by atoms with Crippen LogP contribution in [0.3, 0.4) is 0 Å². The van der Waals surface area contributed by atoms with Gasteiger partial charge in [0.2, 0.25) is 0 Å². The molecule has 0 unspecified atom stereocenters. The average Bonchev–Trinajstić information content (AvgIpc) is 2.17. The quantitative estimate of drug-likeness (QED) is 0.531. The van der Waals surface area contributed by atoms with E-state index in [1.165, 1.54) is 0 Å². The molecule has 10 heavy (non-hydrogen) atoms. The van der Waals surface area contributed by atoms with Crippen LogP contribution in [0.2, 0.25) is 0 Å². The van der Waals surface area contributed by atoms with E-state index in [1.807, 2.05) is 6.92 Å². The van der Waals surface area contributed by atoms with Crippen LogP contribution in [-0.2, 0) is 4.79 Å². The smallest absolute Gasteiger partial charge is 0.159 e. The van der Waals surface area contributed by atoms with Crippen LogP contribution >= 0.6 is 0 Å². The van der Waals surface area contributed by atoms with Crippen molar-refractivity contribution < 1.29 is 6.17 Å². The second-order valence-corrected chi connectivity index (χ2v) is 2.48. The van der Waals surface area contributed by atoms with Crippen LogP contribution in [-0.4, -0.2) is 5.78 Å². The predicted octanol–water partition coefficient (Wildman–Crippen LogP) is 2.06. The average molecular weight is 136 g/mol. The summed E-state index contributed by atoms with van der Waals surface area (Å²) in [5, 5.41) is 0. The standard InChI is InChI=1S/C9H11O/c1-3-4-8-5-7(2)6-9(8)10/h3,5H,1,4,6H2,2H3/i5D. The molecule has 0 aliphatic heterocycles. The maximum Gasteiger partial charge on any atom is 0.159 e. The molecule has 0 bridgehead atoms. The topological polar surface area (TPSA) is 17.1 Å². The van der Waals surface area contributed by atoms with Gasteiger partial charge in [-0.3, -0.25) is 4.79 Å². The maximum absolute atomic E-state index is 11.1. The van der Waals surface area contributed by atoms with E-state index in [-0.39, 0.29) is 5.78 Å². The Morgan fingerprint density at radius 3 is 3.10 bits per heavy atom. The molecule has 0 fully saturated rings. The van der Waals surface area contributed by atoms with Gasteiger partial charge in [-0.1, -0.05) is 19.1 Å². The van der Waals surface area contributed by atoms with Crippen molar-refractivity contribution in [1.29, 1.82) is 0 Å². The summed E-state index contributed by atoms with van der Waals surface area (Å²) in [4.78, 5) is 11.1. The van der Waals surface area contributed by atoms with Crippen LogP contribution in [0.5, 0.6) is 0 Å². The van der Waals surface area contributed by atoms with Gasteiger partial charge < -0.3 is 0 Å². The van der Waals surface area contributed by atoms with Gasteiger partial charge in [0.1, 0.15) is 0 Å². The van der Waals surface area contributed by atoms with Crippen molar-refractivity contribution in [2.75, 3.05) is 0 Å². The number of carbonyl (C=O) groups is 1. The van der Waals surface area contributed by atoms with Crippen molar-refractivity contribution in [1.82, 2.24) is 0 Å². The lowest BCUT2D eigenvalue weighted by Crippen LogP contribution is -1.94. The monoisotopic (exact) mass is 136 g/mol. The van der Waals surface area contributed by atoms with E-state index in [0.29, 0.717) is 24.5 Å². The molecule has 0 saturated heterocycles. The van der Waals surface area contributed by atoms with Gasteiger partial charge in [-0.2, -0.15) is 0 Å². The van der Waals surface area contributed by atoms with Crippen LogP contribution in [0.4, 0.5) is 0 Å². The minimum Gasteiger partial charge on any atom is -0.295 e. The Morgan fingerprint density at radius 2 is 2.70 bits per heavy atom. The molecule has 1 aliphatic rings. The molecule has 0 aromatic carbocycles. The van der Waals surface area contributed by atoms with Crippen LogP contribution in [0, 0.1) is 5.92 Å². The van der Waals surface area contributed by atoms with Gasteiger partial charge >= 0.3 is 0 Å². The van der Waals surface area contributed by atoms with E-state index in [0.717, 1.165) is 5.92 Å². The molecule has 0 spiro atoms. The molecule has 0 amide bonds. The highest BCUT2D eigenvalue weighted by molar-refractivity contribution is 6.00. The third-order valence-corrected chi connectivity index (χ3v) is 1.48. The third kappa shape index (κ3) is 1.35. The number of hydrogen-bond acceptors (Lipinski definition) is 1. The molecule has 0 atom stereocenters. The third-order valence-electron chi connectivity index (χ3n) is 1.48. The van der Waals surface area contributed by atoms with E-state index < -0.39 is 0 Å². The largest absolute Gasteiger partial charge is 0.295 e. The molecule has 1 nitrogen and oxygen atoms in total. The summed E-state index contributed by atoms with van der Waals surface area (Å²) in [6, 6.07) is 0.426. The highest BCUT2D eigenvalue weighted by Crippen LogP contribution is 2.23. The van der Waals surface area contributed by atoms with Crippen LogP contribution in [0.15, 0.2) is 24.3 Å². The Kier molecular flexibility index (Phi) is 1.67. The van der Waals surface area contributed by atoms with E-state index in [2.05, 4.69) is 6.58 Å². The Hall–Kier alpha value is -0.850. The number of carbonyl (C=O) groups excluding carboxylic acids is 1. The molecule has 1 rings (SSSR count). The van der Waals surface area contributed by atoms with Crippen molar-refractivity contribution in [2.45, 2.75) is 19.8 Å². The first-order chi connectivity index (χ1) is 5.16. The number of allylic oxidation sites excluding steroid dienone is 3. The first kappa shape index (κ1) is 5.90. The molecular weight excluding hydrogens is 124 g/mol. The second kappa shape index (κ2) is 2.82. The van der Waals surface area contributed by atoms with E-state index in [1.54, 1.807) is 6.08 Å². The van der Waals surface area contributed by atoms with Gasteiger partial charge in [-0.05, 0) is 12.0 Å². The van der Waals surface area contributed by atoms with Crippen LogP contribution in [0.1, 0.15) is 21.1 Å². The fourth-order valence-corrected chi connectivity index (χ4v) is 1.03. The van der Waals surface area contributed by atoms with Gasteiger partial charge in [-0.25, -0.2) is 0 Å². The fraction of sp³-hybridized carbons (Fsp3) is 0.333. The van der Waals surface area contributed by atoms with Gasteiger partial charge in [0.05, 0.1) is 1.37 Å². The minimum atomic E-state index is 0.0902. The van der Waals surface area contributed by atoms with Crippen molar-refractivity contribution in [3.63, 3.8) is 0 Å². The summed E-state index contributed by atoms with van der Waals surface area (Å²) in [6.07, 6.45) is 2.64. The van der Waals surface area contributed by atoms with Crippen molar-refractivity contribution in [2.24, 2.45) is 0 Å².